The number of hydrogen-bond acceptors (Lipinski definition) is 3. The molecule has 0 N–H and O–H groups in total. The molecule has 0 aliphatic rings. The van der Waals surface area contributed by atoms with Gasteiger partial charge in [0.15, 0.2) is 0 Å². The minimum absolute atomic E-state index is 0.299. The number of hydrogen-bond donors (Lipinski definition) is 0. The van der Waals surface area contributed by atoms with Crippen molar-refractivity contribution in [3.63, 3.8) is 0 Å². The zero-order chi connectivity index (χ0) is 18.0. The normalized spacial score (nSPS) is 11.3. The fraction of sp³-hybridized carbons (Fsp3) is 0.167. The van der Waals surface area contributed by atoms with Crippen LogP contribution in [0.3, 0.4) is 0 Å². The summed E-state index contributed by atoms with van der Waals surface area (Å²) >= 11 is 0. The van der Waals surface area contributed by atoms with Gasteiger partial charge in [0, 0.05) is 22.7 Å². The van der Waals surface area contributed by atoms with E-state index < -0.39 is 6.36 Å². The molecule has 25 heavy (non-hydrogen) atoms. The molecule has 0 saturated heterocycles. The summed E-state index contributed by atoms with van der Waals surface area (Å²) in [6.45, 7) is 0.299. The van der Waals surface area contributed by atoms with Gasteiger partial charge in [0.25, 0.3) is 0 Å². The first-order chi connectivity index (χ1) is 11.9. The van der Waals surface area contributed by atoms with Crippen LogP contribution in [0.2, 0.25) is 0 Å². The Balaban J connectivity index is 1.96. The van der Waals surface area contributed by atoms with E-state index in [1.807, 2.05) is 16.8 Å². The number of aromatic nitrogens is 1. The van der Waals surface area contributed by atoms with Gasteiger partial charge >= 0.3 is 6.36 Å². The van der Waals surface area contributed by atoms with Crippen LogP contribution < -0.4 is 9.47 Å². The van der Waals surface area contributed by atoms with Crippen molar-refractivity contribution in [2.24, 2.45) is 0 Å². The van der Waals surface area contributed by atoms with Gasteiger partial charge < -0.3 is 14.0 Å². The number of methoxy groups -OCH3 is 1. The van der Waals surface area contributed by atoms with Gasteiger partial charge in [-0.15, -0.1) is 13.2 Å². The van der Waals surface area contributed by atoms with E-state index in [1.165, 1.54) is 25.3 Å². The monoisotopic (exact) mass is 346 g/mol. The third-order valence-corrected chi connectivity index (χ3v) is 3.73. The van der Waals surface area contributed by atoms with E-state index in [2.05, 4.69) is 10.8 Å². The van der Waals surface area contributed by atoms with E-state index in [0.29, 0.717) is 23.4 Å². The summed E-state index contributed by atoms with van der Waals surface area (Å²) in [6, 6.07) is 13.1. The molecule has 4 nitrogen and oxygen atoms in total. The number of rotatable bonds is 4. The van der Waals surface area contributed by atoms with Crippen LogP contribution in [0, 0.1) is 11.3 Å². The molecule has 0 fully saturated rings. The second kappa shape index (κ2) is 6.40. The lowest BCUT2D eigenvalue weighted by Crippen LogP contribution is -2.17. The predicted molar refractivity (Wildman–Crippen MR) is 85.4 cm³/mol. The van der Waals surface area contributed by atoms with Crippen molar-refractivity contribution in [1.82, 2.24) is 4.57 Å². The highest BCUT2D eigenvalue weighted by Crippen LogP contribution is 2.30. The molecule has 2 aromatic carbocycles. The molecule has 1 aromatic heterocycles. The molecule has 0 saturated carbocycles. The van der Waals surface area contributed by atoms with E-state index >= 15 is 0 Å². The lowest BCUT2D eigenvalue weighted by Gasteiger charge is -2.14. The molecule has 3 rings (SSSR count). The number of halogens is 3. The third-order valence-electron chi connectivity index (χ3n) is 3.73. The first kappa shape index (κ1) is 16.7. The Morgan fingerprint density at radius 3 is 2.60 bits per heavy atom. The van der Waals surface area contributed by atoms with Crippen molar-refractivity contribution < 1.29 is 22.6 Å². The van der Waals surface area contributed by atoms with Crippen LogP contribution in [0.1, 0.15) is 11.1 Å². The van der Waals surface area contributed by atoms with Gasteiger partial charge in [0.1, 0.15) is 11.5 Å². The molecule has 0 unspecified atom stereocenters. The fourth-order valence-electron chi connectivity index (χ4n) is 2.67. The van der Waals surface area contributed by atoms with E-state index in [4.69, 9.17) is 10.00 Å². The van der Waals surface area contributed by atoms with Gasteiger partial charge in [-0.2, -0.15) is 5.26 Å². The average Bonchev–Trinajstić information content (AvgIpc) is 2.96. The molecular weight excluding hydrogens is 333 g/mol. The Kier molecular flexibility index (Phi) is 4.28. The zero-order valence-electron chi connectivity index (χ0n) is 13.2. The molecule has 3 aromatic rings. The minimum Gasteiger partial charge on any atom is -0.496 e. The van der Waals surface area contributed by atoms with Gasteiger partial charge in [-0.25, -0.2) is 0 Å². The highest BCUT2D eigenvalue weighted by atomic mass is 19.4. The number of nitriles is 1. The second-order valence-electron chi connectivity index (χ2n) is 5.35. The standard InChI is InChI=1S/C18H13F3N2O2/c1-24-17-5-3-15(25-18(19,20)21)9-14(17)11-23-7-6-13-8-12(10-22)2-4-16(13)23/h2-9H,11H2,1H3. The molecule has 7 heteroatoms. The van der Waals surface area contributed by atoms with Crippen molar-refractivity contribution in [2.75, 3.05) is 7.11 Å². The average molecular weight is 346 g/mol. The minimum atomic E-state index is -4.75. The maximum atomic E-state index is 12.4. The summed E-state index contributed by atoms with van der Waals surface area (Å²) in [6.07, 6.45) is -2.94. The van der Waals surface area contributed by atoms with E-state index in [-0.39, 0.29) is 5.75 Å². The van der Waals surface area contributed by atoms with Gasteiger partial charge in [-0.05, 0) is 42.5 Å². The van der Waals surface area contributed by atoms with Crippen molar-refractivity contribution in [3.05, 3.63) is 59.8 Å². The Morgan fingerprint density at radius 1 is 1.12 bits per heavy atom. The Labute approximate surface area is 141 Å². The Hall–Kier alpha value is -3.14. The molecule has 0 spiro atoms. The summed E-state index contributed by atoms with van der Waals surface area (Å²) in [4.78, 5) is 0. The molecule has 0 aliphatic carbocycles. The number of ether oxygens (including phenoxy) is 2. The number of benzene rings is 2. The van der Waals surface area contributed by atoms with Gasteiger partial charge in [0.2, 0.25) is 0 Å². The molecule has 1 heterocycles. The first-order valence-electron chi connectivity index (χ1n) is 7.31. The Morgan fingerprint density at radius 2 is 1.92 bits per heavy atom. The number of fused-ring (bicyclic) bond motifs is 1. The van der Waals surface area contributed by atoms with Crippen LogP contribution in [-0.2, 0) is 6.54 Å². The van der Waals surface area contributed by atoms with Crippen LogP contribution in [0.25, 0.3) is 10.9 Å². The molecule has 0 bridgehead atoms. The lowest BCUT2D eigenvalue weighted by atomic mass is 10.1. The van der Waals surface area contributed by atoms with Crippen LogP contribution in [0.5, 0.6) is 11.5 Å². The van der Waals surface area contributed by atoms with E-state index in [0.717, 1.165) is 10.9 Å². The summed E-state index contributed by atoms with van der Waals surface area (Å²) < 4.78 is 48.4. The summed E-state index contributed by atoms with van der Waals surface area (Å²) in [5.74, 6) is 0.163. The fourth-order valence-corrected chi connectivity index (χ4v) is 2.67. The molecule has 0 aliphatic heterocycles. The van der Waals surface area contributed by atoms with Gasteiger partial charge in [-0.3, -0.25) is 0 Å². The van der Waals surface area contributed by atoms with Crippen molar-refractivity contribution >= 4 is 10.9 Å². The molecule has 128 valence electrons. The largest absolute Gasteiger partial charge is 0.573 e. The van der Waals surface area contributed by atoms with Crippen LogP contribution in [0.4, 0.5) is 13.2 Å². The molecular formula is C18H13F3N2O2. The quantitative estimate of drug-likeness (QED) is 0.700. The van der Waals surface area contributed by atoms with E-state index in [9.17, 15) is 13.2 Å². The van der Waals surface area contributed by atoms with Gasteiger partial charge in [-0.1, -0.05) is 0 Å². The summed E-state index contributed by atoms with van der Waals surface area (Å²) in [5, 5.41) is 9.83. The molecule has 0 atom stereocenters. The third kappa shape index (κ3) is 3.69. The predicted octanol–water partition coefficient (Wildman–Crippen LogP) is 4.47. The second-order valence-corrected chi connectivity index (χ2v) is 5.35. The highest BCUT2D eigenvalue weighted by Gasteiger charge is 2.31. The molecule has 0 amide bonds. The summed E-state index contributed by atoms with van der Waals surface area (Å²) in [7, 11) is 1.45. The van der Waals surface area contributed by atoms with Crippen molar-refractivity contribution in [3.8, 4) is 17.6 Å². The Bertz CT molecular complexity index is 955. The molecule has 0 radical (unpaired) electrons. The highest BCUT2D eigenvalue weighted by molar-refractivity contribution is 5.81. The SMILES string of the molecule is COc1ccc(OC(F)(F)F)cc1Cn1ccc2cc(C#N)ccc21. The number of nitrogens with zero attached hydrogens (tertiary/aromatic N) is 2. The van der Waals surface area contributed by atoms with Crippen molar-refractivity contribution in [2.45, 2.75) is 12.9 Å². The van der Waals surface area contributed by atoms with Crippen LogP contribution in [0.15, 0.2) is 48.7 Å². The summed E-state index contributed by atoms with van der Waals surface area (Å²) in [5.41, 5.74) is 1.96. The maximum absolute atomic E-state index is 12.4. The lowest BCUT2D eigenvalue weighted by molar-refractivity contribution is -0.274. The van der Waals surface area contributed by atoms with Crippen LogP contribution >= 0.6 is 0 Å². The number of alkyl halides is 3. The van der Waals surface area contributed by atoms with Crippen LogP contribution in [-0.4, -0.2) is 18.0 Å². The first-order valence-corrected chi connectivity index (χ1v) is 7.31. The topological polar surface area (TPSA) is 47.2 Å². The van der Waals surface area contributed by atoms with E-state index in [1.54, 1.807) is 18.2 Å². The zero-order valence-corrected chi connectivity index (χ0v) is 13.2. The maximum Gasteiger partial charge on any atom is 0.573 e. The van der Waals surface area contributed by atoms with Crippen molar-refractivity contribution in [1.29, 1.82) is 5.26 Å². The van der Waals surface area contributed by atoms with Gasteiger partial charge in [0.05, 0.1) is 25.3 Å². The smallest absolute Gasteiger partial charge is 0.496 e.